The van der Waals surface area contributed by atoms with E-state index >= 15 is 0 Å². The fourth-order valence-electron chi connectivity index (χ4n) is 2.93. The van der Waals surface area contributed by atoms with Crippen LogP contribution in [0.5, 0.6) is 0 Å². The Kier molecular flexibility index (Phi) is 6.19. The van der Waals surface area contributed by atoms with E-state index in [-0.39, 0.29) is 5.91 Å². The molecular formula is C20H23N3OS2. The molecule has 0 aliphatic carbocycles. The van der Waals surface area contributed by atoms with Gasteiger partial charge in [-0.05, 0) is 47.5 Å². The zero-order valence-electron chi connectivity index (χ0n) is 15.3. The molecule has 4 nitrogen and oxygen atoms in total. The monoisotopic (exact) mass is 385 g/mol. The molecule has 3 rings (SSSR count). The number of carbonyl (C=O) groups is 1. The van der Waals surface area contributed by atoms with E-state index in [1.54, 1.807) is 23.2 Å². The molecule has 2 aromatic heterocycles. The van der Waals surface area contributed by atoms with Crippen LogP contribution in [0.15, 0.2) is 46.5 Å². The van der Waals surface area contributed by atoms with Crippen molar-refractivity contribution in [2.45, 2.75) is 33.4 Å². The maximum Gasteiger partial charge on any atom is 0.230 e. The van der Waals surface area contributed by atoms with Gasteiger partial charge in [0, 0.05) is 25.4 Å². The minimum atomic E-state index is -0.0153. The number of thiophene rings is 1. The SMILES string of the molecule is CCc1ccccc1N(C(C)=O)c1nc(CN(C)Cc2ccsc2)cs1. The first-order valence-corrected chi connectivity index (χ1v) is 10.4. The number of para-hydroxylation sites is 1. The molecule has 2 heterocycles. The van der Waals surface area contributed by atoms with E-state index in [2.05, 4.69) is 41.8 Å². The number of hydrogen-bond donors (Lipinski definition) is 0. The molecule has 0 fully saturated rings. The molecule has 0 spiro atoms. The number of nitrogens with zero attached hydrogens (tertiary/aromatic N) is 3. The second kappa shape index (κ2) is 8.58. The summed E-state index contributed by atoms with van der Waals surface area (Å²) in [6.07, 6.45) is 0.877. The molecule has 3 aromatic rings. The van der Waals surface area contributed by atoms with Gasteiger partial charge in [0.05, 0.1) is 11.4 Å². The first-order chi connectivity index (χ1) is 12.6. The third kappa shape index (κ3) is 4.38. The van der Waals surface area contributed by atoms with Crippen molar-refractivity contribution >= 4 is 39.4 Å². The summed E-state index contributed by atoms with van der Waals surface area (Å²) in [4.78, 5) is 21.0. The van der Waals surface area contributed by atoms with Crippen molar-refractivity contribution in [1.29, 1.82) is 0 Å². The average molecular weight is 386 g/mol. The molecule has 26 heavy (non-hydrogen) atoms. The highest BCUT2D eigenvalue weighted by Gasteiger charge is 2.20. The van der Waals surface area contributed by atoms with E-state index < -0.39 is 0 Å². The number of hydrogen-bond acceptors (Lipinski definition) is 5. The normalized spacial score (nSPS) is 11.1. The van der Waals surface area contributed by atoms with Crippen molar-refractivity contribution in [2.75, 3.05) is 11.9 Å². The third-order valence-corrected chi connectivity index (χ3v) is 5.73. The molecule has 0 saturated heterocycles. The first-order valence-electron chi connectivity index (χ1n) is 8.61. The number of amides is 1. The van der Waals surface area contributed by atoms with Crippen molar-refractivity contribution in [1.82, 2.24) is 9.88 Å². The summed E-state index contributed by atoms with van der Waals surface area (Å²) in [5.74, 6) is -0.0153. The molecule has 1 amide bonds. The minimum Gasteiger partial charge on any atom is -0.296 e. The highest BCUT2D eigenvalue weighted by Crippen LogP contribution is 2.32. The molecule has 0 unspecified atom stereocenters. The Bertz CT molecular complexity index is 858. The Morgan fingerprint density at radius 3 is 2.65 bits per heavy atom. The first kappa shape index (κ1) is 18.8. The summed E-state index contributed by atoms with van der Waals surface area (Å²) in [6.45, 7) is 5.35. The van der Waals surface area contributed by atoms with Crippen molar-refractivity contribution in [3.05, 3.63) is 63.3 Å². The fraction of sp³-hybridized carbons (Fsp3) is 0.300. The van der Waals surface area contributed by atoms with Crippen LogP contribution >= 0.6 is 22.7 Å². The molecule has 6 heteroatoms. The Labute approximate surface area is 162 Å². The number of rotatable bonds is 7. The van der Waals surface area contributed by atoms with Crippen LogP contribution in [0.2, 0.25) is 0 Å². The van der Waals surface area contributed by atoms with Crippen molar-refractivity contribution < 1.29 is 4.79 Å². The van der Waals surface area contributed by atoms with Crippen LogP contribution < -0.4 is 4.90 Å². The number of carbonyl (C=O) groups excluding carboxylic acids is 1. The highest BCUT2D eigenvalue weighted by atomic mass is 32.1. The molecule has 0 atom stereocenters. The highest BCUT2D eigenvalue weighted by molar-refractivity contribution is 7.14. The van der Waals surface area contributed by atoms with Crippen LogP contribution in [0.3, 0.4) is 0 Å². The Morgan fingerprint density at radius 2 is 1.96 bits per heavy atom. The number of benzene rings is 1. The molecule has 136 valence electrons. The molecule has 0 saturated carbocycles. The second-order valence-corrected chi connectivity index (χ2v) is 7.88. The van der Waals surface area contributed by atoms with Crippen LogP contribution in [0.1, 0.15) is 30.7 Å². The summed E-state index contributed by atoms with van der Waals surface area (Å²) in [6, 6.07) is 10.2. The van der Waals surface area contributed by atoms with Gasteiger partial charge in [0.15, 0.2) is 5.13 Å². The van der Waals surface area contributed by atoms with Crippen LogP contribution in [0, 0.1) is 0 Å². The summed E-state index contributed by atoms with van der Waals surface area (Å²) >= 11 is 3.24. The van der Waals surface area contributed by atoms with Crippen LogP contribution in [-0.4, -0.2) is 22.8 Å². The minimum absolute atomic E-state index is 0.0153. The zero-order chi connectivity index (χ0) is 18.5. The smallest absolute Gasteiger partial charge is 0.230 e. The van der Waals surface area contributed by atoms with Gasteiger partial charge in [0.25, 0.3) is 0 Å². The predicted octanol–water partition coefficient (Wildman–Crippen LogP) is 5.08. The quantitative estimate of drug-likeness (QED) is 0.569. The molecule has 1 aromatic carbocycles. The summed E-state index contributed by atoms with van der Waals surface area (Å²) < 4.78 is 0. The molecule has 0 bridgehead atoms. The Balaban J connectivity index is 1.78. The standard InChI is InChI=1S/C20H23N3OS2/c1-4-17-7-5-6-8-19(17)23(15(2)24)20-21-18(14-26-20)12-22(3)11-16-9-10-25-13-16/h5-10,13-14H,4,11-12H2,1-3H3. The van der Waals surface area contributed by atoms with Crippen LogP contribution in [-0.2, 0) is 24.3 Å². The van der Waals surface area contributed by atoms with Crippen LogP contribution in [0.25, 0.3) is 0 Å². The van der Waals surface area contributed by atoms with E-state index in [0.717, 1.165) is 41.6 Å². The molecule has 0 radical (unpaired) electrons. The lowest BCUT2D eigenvalue weighted by Gasteiger charge is -2.21. The van der Waals surface area contributed by atoms with Gasteiger partial charge in [-0.25, -0.2) is 4.98 Å². The second-order valence-electron chi connectivity index (χ2n) is 6.26. The number of thiazole rings is 1. The van der Waals surface area contributed by atoms with Gasteiger partial charge in [-0.1, -0.05) is 25.1 Å². The molecular weight excluding hydrogens is 362 g/mol. The van der Waals surface area contributed by atoms with E-state index in [9.17, 15) is 4.79 Å². The Hall–Kier alpha value is -2.02. The van der Waals surface area contributed by atoms with Crippen molar-refractivity contribution in [2.24, 2.45) is 0 Å². The van der Waals surface area contributed by atoms with Gasteiger partial charge in [0.2, 0.25) is 5.91 Å². The lowest BCUT2D eigenvalue weighted by Crippen LogP contribution is -2.24. The summed E-state index contributed by atoms with van der Waals surface area (Å²) in [7, 11) is 2.09. The van der Waals surface area contributed by atoms with Gasteiger partial charge >= 0.3 is 0 Å². The van der Waals surface area contributed by atoms with Gasteiger partial charge in [-0.3, -0.25) is 14.6 Å². The number of aromatic nitrogens is 1. The zero-order valence-corrected chi connectivity index (χ0v) is 16.9. The Morgan fingerprint density at radius 1 is 1.15 bits per heavy atom. The van der Waals surface area contributed by atoms with E-state index in [0.29, 0.717) is 0 Å². The van der Waals surface area contributed by atoms with E-state index in [1.807, 2.05) is 23.6 Å². The number of anilines is 2. The maximum absolute atomic E-state index is 12.3. The van der Waals surface area contributed by atoms with Gasteiger partial charge in [-0.2, -0.15) is 11.3 Å². The summed E-state index contributed by atoms with van der Waals surface area (Å²) in [5.41, 5.74) is 4.38. The van der Waals surface area contributed by atoms with Crippen molar-refractivity contribution in [3.63, 3.8) is 0 Å². The average Bonchev–Trinajstić information content (AvgIpc) is 3.27. The maximum atomic E-state index is 12.3. The topological polar surface area (TPSA) is 36.4 Å². The molecule has 0 aliphatic rings. The van der Waals surface area contributed by atoms with Crippen LogP contribution in [0.4, 0.5) is 10.8 Å². The van der Waals surface area contributed by atoms with Gasteiger partial charge in [0.1, 0.15) is 0 Å². The van der Waals surface area contributed by atoms with Gasteiger partial charge in [-0.15, -0.1) is 11.3 Å². The molecule has 0 N–H and O–H groups in total. The summed E-state index contributed by atoms with van der Waals surface area (Å²) in [5, 5.41) is 7.05. The van der Waals surface area contributed by atoms with Crippen molar-refractivity contribution in [3.8, 4) is 0 Å². The van der Waals surface area contributed by atoms with Gasteiger partial charge < -0.3 is 0 Å². The number of aryl methyl sites for hydroxylation is 1. The predicted molar refractivity (Wildman–Crippen MR) is 110 cm³/mol. The lowest BCUT2D eigenvalue weighted by molar-refractivity contribution is -0.115. The molecule has 0 aliphatic heterocycles. The van der Waals surface area contributed by atoms with E-state index in [1.165, 1.54) is 16.9 Å². The van der Waals surface area contributed by atoms with E-state index in [4.69, 9.17) is 4.98 Å². The lowest BCUT2D eigenvalue weighted by atomic mass is 10.1. The fourth-order valence-corrected chi connectivity index (χ4v) is 4.46. The third-order valence-electron chi connectivity index (χ3n) is 4.12. The largest absolute Gasteiger partial charge is 0.296 e.